The van der Waals surface area contributed by atoms with Gasteiger partial charge in [-0.2, -0.15) is 11.3 Å². The van der Waals surface area contributed by atoms with Gasteiger partial charge in [-0.05, 0) is 58.1 Å². The molecule has 2 heterocycles. The Morgan fingerprint density at radius 2 is 2.00 bits per heavy atom. The molecule has 0 fully saturated rings. The maximum absolute atomic E-state index is 12.9. The second kappa shape index (κ2) is 7.77. The van der Waals surface area contributed by atoms with Crippen LogP contribution in [0.2, 0.25) is 0 Å². The van der Waals surface area contributed by atoms with E-state index in [0.717, 1.165) is 15.3 Å². The largest absolute Gasteiger partial charge is 0.344 e. The van der Waals surface area contributed by atoms with Crippen LogP contribution >= 0.6 is 34.4 Å². The molecule has 118 valence electrons. The summed E-state index contributed by atoms with van der Waals surface area (Å²) in [5.74, 6) is -0.00424. The van der Waals surface area contributed by atoms with Gasteiger partial charge in [0.2, 0.25) is 5.91 Å². The van der Waals surface area contributed by atoms with Crippen LogP contribution in [0.4, 0.5) is 4.39 Å². The third-order valence-corrected chi connectivity index (χ3v) is 5.84. The number of thiophene rings is 2. The number of hydrogen-bond acceptors (Lipinski definition) is 4. The molecule has 0 aliphatic heterocycles. The summed E-state index contributed by atoms with van der Waals surface area (Å²) in [6.45, 7) is 0. The van der Waals surface area contributed by atoms with Gasteiger partial charge in [-0.25, -0.2) is 4.39 Å². The predicted octanol–water partition coefficient (Wildman–Crippen LogP) is 4.95. The van der Waals surface area contributed by atoms with E-state index < -0.39 is 0 Å². The summed E-state index contributed by atoms with van der Waals surface area (Å²) < 4.78 is 12.9. The van der Waals surface area contributed by atoms with Crippen molar-refractivity contribution in [2.75, 3.05) is 5.75 Å². The number of benzene rings is 1. The minimum Gasteiger partial charge on any atom is -0.344 e. The van der Waals surface area contributed by atoms with Crippen LogP contribution in [0.5, 0.6) is 0 Å². The van der Waals surface area contributed by atoms with E-state index in [0.29, 0.717) is 5.75 Å². The fraction of sp³-hybridized carbons (Fsp3) is 0.118. The third-order valence-electron chi connectivity index (χ3n) is 3.19. The third kappa shape index (κ3) is 4.43. The standard InChI is InChI=1S/C17H14FNOS3/c18-13-3-5-14(6-4-13)23-11-16(20)19-17(12-7-9-21-10-12)15-2-1-8-22-15/h1-10,17H,11H2,(H,19,20). The highest BCUT2D eigenvalue weighted by molar-refractivity contribution is 8.00. The van der Waals surface area contributed by atoms with Crippen LogP contribution in [0, 0.1) is 5.82 Å². The van der Waals surface area contributed by atoms with E-state index in [-0.39, 0.29) is 17.8 Å². The molecule has 3 rings (SSSR count). The fourth-order valence-corrected chi connectivity index (χ4v) is 4.29. The minimum atomic E-state index is -0.269. The molecular weight excluding hydrogens is 349 g/mol. The van der Waals surface area contributed by atoms with Gasteiger partial charge in [0.1, 0.15) is 5.82 Å². The van der Waals surface area contributed by atoms with E-state index in [2.05, 4.69) is 10.7 Å². The molecule has 1 unspecified atom stereocenters. The number of thioether (sulfide) groups is 1. The maximum Gasteiger partial charge on any atom is 0.231 e. The Morgan fingerprint density at radius 1 is 1.17 bits per heavy atom. The van der Waals surface area contributed by atoms with Crippen LogP contribution in [0.3, 0.4) is 0 Å². The molecule has 1 aromatic carbocycles. The molecule has 2 nitrogen and oxygen atoms in total. The zero-order valence-electron chi connectivity index (χ0n) is 12.1. The lowest BCUT2D eigenvalue weighted by Gasteiger charge is -2.16. The summed E-state index contributed by atoms with van der Waals surface area (Å²) >= 11 is 4.65. The highest BCUT2D eigenvalue weighted by Gasteiger charge is 2.18. The van der Waals surface area contributed by atoms with Crippen LogP contribution in [-0.4, -0.2) is 11.7 Å². The zero-order chi connectivity index (χ0) is 16.1. The molecule has 0 aliphatic carbocycles. The van der Waals surface area contributed by atoms with E-state index in [1.54, 1.807) is 34.8 Å². The van der Waals surface area contributed by atoms with Crippen LogP contribution in [0.15, 0.2) is 63.5 Å². The Morgan fingerprint density at radius 3 is 2.65 bits per heavy atom. The highest BCUT2D eigenvalue weighted by atomic mass is 32.2. The van der Waals surface area contributed by atoms with Crippen molar-refractivity contribution in [1.29, 1.82) is 0 Å². The number of rotatable bonds is 6. The second-order valence-electron chi connectivity index (χ2n) is 4.82. The topological polar surface area (TPSA) is 29.1 Å². The first kappa shape index (κ1) is 16.2. The molecule has 1 amide bonds. The van der Waals surface area contributed by atoms with E-state index >= 15 is 0 Å². The Bertz CT molecular complexity index is 705. The molecule has 0 aliphatic rings. The van der Waals surface area contributed by atoms with Gasteiger partial charge >= 0.3 is 0 Å². The van der Waals surface area contributed by atoms with Crippen molar-refractivity contribution >= 4 is 40.3 Å². The first-order chi connectivity index (χ1) is 11.2. The molecular formula is C17H14FNOS3. The van der Waals surface area contributed by atoms with Crippen LogP contribution in [0.25, 0.3) is 0 Å². The molecule has 23 heavy (non-hydrogen) atoms. The lowest BCUT2D eigenvalue weighted by atomic mass is 10.1. The highest BCUT2D eigenvalue weighted by Crippen LogP contribution is 2.28. The average molecular weight is 364 g/mol. The molecule has 0 saturated carbocycles. The van der Waals surface area contributed by atoms with Gasteiger partial charge in [-0.15, -0.1) is 23.1 Å². The van der Waals surface area contributed by atoms with E-state index in [9.17, 15) is 9.18 Å². The Hall–Kier alpha value is -1.63. The predicted molar refractivity (Wildman–Crippen MR) is 95.7 cm³/mol. The molecule has 0 bridgehead atoms. The van der Waals surface area contributed by atoms with Crippen molar-refractivity contribution in [2.45, 2.75) is 10.9 Å². The van der Waals surface area contributed by atoms with E-state index in [4.69, 9.17) is 0 Å². The SMILES string of the molecule is O=C(CSc1ccc(F)cc1)NC(c1ccsc1)c1cccs1. The van der Waals surface area contributed by atoms with Gasteiger partial charge in [0.15, 0.2) is 0 Å². The summed E-state index contributed by atoms with van der Waals surface area (Å²) in [6, 6.07) is 12.1. The van der Waals surface area contributed by atoms with Gasteiger partial charge in [0.25, 0.3) is 0 Å². The summed E-state index contributed by atoms with van der Waals surface area (Å²) in [5, 5.41) is 9.16. The molecule has 0 saturated heterocycles. The van der Waals surface area contributed by atoms with Crippen LogP contribution in [-0.2, 0) is 4.79 Å². The smallest absolute Gasteiger partial charge is 0.231 e. The molecule has 0 radical (unpaired) electrons. The van der Waals surface area contributed by atoms with Crippen LogP contribution < -0.4 is 5.32 Å². The van der Waals surface area contributed by atoms with Crippen molar-refractivity contribution in [3.63, 3.8) is 0 Å². The first-order valence-corrected chi connectivity index (χ1v) is 9.76. The maximum atomic E-state index is 12.9. The summed E-state index contributed by atoms with van der Waals surface area (Å²) in [4.78, 5) is 14.3. The van der Waals surface area contributed by atoms with E-state index in [1.165, 1.54) is 23.9 Å². The number of carbonyl (C=O) groups excluding carboxylic acids is 1. The first-order valence-electron chi connectivity index (χ1n) is 6.95. The van der Waals surface area contributed by atoms with E-state index in [1.807, 2.05) is 29.0 Å². The summed E-state index contributed by atoms with van der Waals surface area (Å²) in [7, 11) is 0. The van der Waals surface area contributed by atoms with Crippen molar-refractivity contribution < 1.29 is 9.18 Å². The van der Waals surface area contributed by atoms with Crippen molar-refractivity contribution in [3.05, 3.63) is 74.9 Å². The Kier molecular flexibility index (Phi) is 5.48. The number of halogens is 1. The number of nitrogens with one attached hydrogen (secondary N) is 1. The van der Waals surface area contributed by atoms with Crippen molar-refractivity contribution in [2.24, 2.45) is 0 Å². The zero-order valence-corrected chi connectivity index (χ0v) is 14.5. The minimum absolute atomic E-state index is 0.0380. The molecule has 1 atom stereocenters. The lowest BCUT2D eigenvalue weighted by molar-refractivity contribution is -0.119. The summed E-state index contributed by atoms with van der Waals surface area (Å²) in [5.41, 5.74) is 1.09. The number of hydrogen-bond donors (Lipinski definition) is 1. The molecule has 1 N–H and O–H groups in total. The molecule has 2 aromatic heterocycles. The second-order valence-corrected chi connectivity index (χ2v) is 7.62. The van der Waals surface area contributed by atoms with Crippen molar-refractivity contribution in [3.8, 4) is 0 Å². The van der Waals surface area contributed by atoms with Gasteiger partial charge in [0.05, 0.1) is 11.8 Å². The molecule has 3 aromatic rings. The normalized spacial score (nSPS) is 12.0. The fourth-order valence-electron chi connectivity index (χ4n) is 2.10. The molecule has 6 heteroatoms. The van der Waals surface area contributed by atoms with Gasteiger partial charge in [0, 0.05) is 9.77 Å². The van der Waals surface area contributed by atoms with Gasteiger partial charge in [-0.3, -0.25) is 4.79 Å². The van der Waals surface area contributed by atoms with Gasteiger partial charge < -0.3 is 5.32 Å². The monoisotopic (exact) mass is 363 g/mol. The number of carbonyl (C=O) groups is 1. The van der Waals surface area contributed by atoms with Gasteiger partial charge in [-0.1, -0.05) is 6.07 Å². The quantitative estimate of drug-likeness (QED) is 0.628. The molecule has 0 spiro atoms. The number of amides is 1. The average Bonchev–Trinajstić information content (AvgIpc) is 3.25. The summed E-state index contributed by atoms with van der Waals surface area (Å²) in [6.07, 6.45) is 0. The Labute approximate surface area is 146 Å². The van der Waals surface area contributed by atoms with Crippen LogP contribution in [0.1, 0.15) is 16.5 Å². The Balaban J connectivity index is 1.63. The van der Waals surface area contributed by atoms with Crippen molar-refractivity contribution in [1.82, 2.24) is 5.32 Å². The lowest BCUT2D eigenvalue weighted by Crippen LogP contribution is -2.29.